The molecule has 0 radical (unpaired) electrons. The molecule has 0 bridgehead atoms. The second-order valence-electron chi connectivity index (χ2n) is 14.7. The zero-order valence-electron chi connectivity index (χ0n) is 24.9. The fourth-order valence-corrected chi connectivity index (χ4v) is 8.73. The minimum atomic E-state index is -1.73. The first-order valence-electron chi connectivity index (χ1n) is 15.0. The zero-order valence-corrected chi connectivity index (χ0v) is 25.9. The summed E-state index contributed by atoms with van der Waals surface area (Å²) in [6.07, 6.45) is 19.8. The van der Waals surface area contributed by atoms with Crippen LogP contribution in [0.1, 0.15) is 119 Å². The van der Waals surface area contributed by atoms with Crippen molar-refractivity contribution in [3.05, 3.63) is 35.5 Å². The molecule has 0 spiro atoms. The normalized spacial score (nSPS) is 33.5. The predicted octanol–water partition coefficient (Wildman–Crippen LogP) is 10.6. The van der Waals surface area contributed by atoms with Gasteiger partial charge in [0.2, 0.25) is 0 Å². The van der Waals surface area contributed by atoms with Gasteiger partial charge in [-0.1, -0.05) is 97.6 Å². The van der Waals surface area contributed by atoms with Crippen LogP contribution in [0, 0.1) is 29.1 Å². The minimum Gasteiger partial charge on any atom is -0.414 e. The Hall–Kier alpha value is -0.603. The van der Waals surface area contributed by atoms with Gasteiger partial charge in [-0.25, -0.2) is 0 Å². The number of allylic oxidation sites excluding steroid dienone is 4. The molecule has 5 unspecified atom stereocenters. The summed E-state index contributed by atoms with van der Waals surface area (Å²) in [6, 6.07) is 0. The van der Waals surface area contributed by atoms with E-state index in [1.165, 1.54) is 62.5 Å². The molecule has 3 rings (SSSR count). The van der Waals surface area contributed by atoms with Gasteiger partial charge in [-0.15, -0.1) is 0 Å². The Morgan fingerprint density at radius 2 is 1.77 bits per heavy atom. The fourth-order valence-electron chi connectivity index (χ4n) is 7.34. The van der Waals surface area contributed by atoms with Crippen molar-refractivity contribution in [3.63, 3.8) is 0 Å². The third-order valence-electron chi connectivity index (χ3n) is 10.6. The highest BCUT2D eigenvalue weighted by atomic mass is 28.4. The van der Waals surface area contributed by atoms with Crippen LogP contribution in [0.25, 0.3) is 0 Å². The molecule has 5 atom stereocenters. The molecule has 2 heteroatoms. The summed E-state index contributed by atoms with van der Waals surface area (Å²) in [7, 11) is -1.73. The van der Waals surface area contributed by atoms with Gasteiger partial charge < -0.3 is 4.43 Å². The average Bonchev–Trinajstić information content (AvgIpc) is 3.10. The molecule has 0 amide bonds. The lowest BCUT2D eigenvalue weighted by Gasteiger charge is -2.44. The van der Waals surface area contributed by atoms with Gasteiger partial charge >= 0.3 is 0 Å². The van der Waals surface area contributed by atoms with E-state index in [4.69, 9.17) is 4.43 Å². The van der Waals surface area contributed by atoms with Crippen molar-refractivity contribution >= 4 is 8.32 Å². The van der Waals surface area contributed by atoms with Gasteiger partial charge in [0.1, 0.15) is 0 Å². The van der Waals surface area contributed by atoms with Crippen molar-refractivity contribution in [3.8, 4) is 0 Å². The first-order chi connectivity index (χ1) is 16.2. The molecule has 0 heterocycles. The smallest absolute Gasteiger partial charge is 0.192 e. The second kappa shape index (κ2) is 11.4. The van der Waals surface area contributed by atoms with E-state index in [0.717, 1.165) is 42.9 Å². The van der Waals surface area contributed by atoms with Gasteiger partial charge in [0.15, 0.2) is 8.32 Å². The molecule has 35 heavy (non-hydrogen) atoms. The minimum absolute atomic E-state index is 0.269. The van der Waals surface area contributed by atoms with Crippen LogP contribution in [0.2, 0.25) is 18.1 Å². The molecule has 3 aliphatic carbocycles. The van der Waals surface area contributed by atoms with E-state index in [9.17, 15) is 0 Å². The quantitative estimate of drug-likeness (QED) is 0.302. The Labute approximate surface area is 220 Å². The molecule has 3 aliphatic rings. The molecule has 0 aromatic carbocycles. The first kappa shape index (κ1) is 29.0. The van der Waals surface area contributed by atoms with Crippen molar-refractivity contribution in [1.29, 1.82) is 0 Å². The van der Waals surface area contributed by atoms with Crippen LogP contribution in [0.5, 0.6) is 0 Å². The SMILES string of the molecule is C=C1CCC(O[Si](C)(C)C(C)(C)C)CC1=CC=C1CCCC2(C)C1CCC2C(C)CCCC(C)C. The predicted molar refractivity (Wildman–Crippen MR) is 157 cm³/mol. The van der Waals surface area contributed by atoms with Crippen molar-refractivity contribution in [1.82, 2.24) is 0 Å². The van der Waals surface area contributed by atoms with E-state index in [0.29, 0.717) is 11.5 Å². The van der Waals surface area contributed by atoms with Crippen molar-refractivity contribution in [2.24, 2.45) is 29.1 Å². The molecule has 3 fully saturated rings. The van der Waals surface area contributed by atoms with Crippen LogP contribution in [0.15, 0.2) is 35.5 Å². The topological polar surface area (TPSA) is 9.23 Å². The molecule has 0 aliphatic heterocycles. The van der Waals surface area contributed by atoms with Gasteiger partial charge in [0.05, 0.1) is 0 Å². The van der Waals surface area contributed by atoms with E-state index in [1.807, 2.05) is 0 Å². The lowest BCUT2D eigenvalue weighted by Crippen LogP contribution is -2.44. The van der Waals surface area contributed by atoms with Crippen LogP contribution in [-0.2, 0) is 4.43 Å². The molecule has 0 N–H and O–H groups in total. The molecule has 1 nitrogen and oxygen atoms in total. The molecule has 3 saturated carbocycles. The Balaban J connectivity index is 1.70. The highest BCUT2D eigenvalue weighted by Gasteiger charge is 2.50. The van der Waals surface area contributed by atoms with Crippen LogP contribution in [0.3, 0.4) is 0 Å². The zero-order chi connectivity index (χ0) is 26.0. The first-order valence-corrected chi connectivity index (χ1v) is 17.9. The Kier molecular flexibility index (Phi) is 9.45. The third-order valence-corrected chi connectivity index (χ3v) is 15.1. The number of hydrogen-bond acceptors (Lipinski definition) is 1. The number of fused-ring (bicyclic) bond motifs is 1. The summed E-state index contributed by atoms with van der Waals surface area (Å²) < 4.78 is 6.82. The summed E-state index contributed by atoms with van der Waals surface area (Å²) in [6.45, 7) is 26.2. The Morgan fingerprint density at radius 1 is 1.06 bits per heavy atom. The summed E-state index contributed by atoms with van der Waals surface area (Å²) in [5, 5.41) is 0.269. The maximum Gasteiger partial charge on any atom is 0.192 e. The van der Waals surface area contributed by atoms with Gasteiger partial charge in [-0.05, 0) is 104 Å². The van der Waals surface area contributed by atoms with Gasteiger partial charge in [0.25, 0.3) is 0 Å². The summed E-state index contributed by atoms with van der Waals surface area (Å²) >= 11 is 0. The molecule has 0 aromatic rings. The van der Waals surface area contributed by atoms with E-state index in [-0.39, 0.29) is 5.04 Å². The highest BCUT2D eigenvalue weighted by Crippen LogP contribution is 2.60. The maximum absolute atomic E-state index is 6.82. The third kappa shape index (κ3) is 6.84. The fraction of sp³-hybridized carbons (Fsp3) is 0.818. The molecular weight excluding hydrogens is 440 g/mol. The Bertz CT molecular complexity index is 794. The lowest BCUT2D eigenvalue weighted by molar-refractivity contribution is 0.0929. The van der Waals surface area contributed by atoms with Gasteiger partial charge in [-0.3, -0.25) is 0 Å². The standard InChI is InChI=1S/C33H58OSi/c1-24(2)13-11-14-26(4)30-20-21-31-27(15-12-22-33(30,31)8)17-18-28-23-29(19-16-25(28)3)34-35(9,10)32(5,6)7/h17-18,24,26,29-31H,3,11-16,19-23H2,1-2,4-10H3. The highest BCUT2D eigenvalue weighted by molar-refractivity contribution is 6.74. The molecular formula is C33H58OSi. The number of rotatable bonds is 8. The van der Waals surface area contributed by atoms with Crippen molar-refractivity contribution in [2.45, 2.75) is 143 Å². The molecule has 0 aromatic heterocycles. The summed E-state index contributed by atoms with van der Waals surface area (Å²) in [4.78, 5) is 0. The van der Waals surface area contributed by atoms with E-state index < -0.39 is 8.32 Å². The average molecular weight is 499 g/mol. The van der Waals surface area contributed by atoms with Crippen LogP contribution in [0.4, 0.5) is 0 Å². The van der Waals surface area contributed by atoms with Crippen LogP contribution in [-0.4, -0.2) is 14.4 Å². The molecule has 200 valence electrons. The lowest BCUT2D eigenvalue weighted by atomic mass is 9.60. The number of hydrogen-bond donors (Lipinski definition) is 0. The molecule has 0 saturated heterocycles. The van der Waals surface area contributed by atoms with E-state index >= 15 is 0 Å². The monoisotopic (exact) mass is 498 g/mol. The van der Waals surface area contributed by atoms with E-state index in [1.54, 1.807) is 5.57 Å². The summed E-state index contributed by atoms with van der Waals surface area (Å²) in [5.74, 6) is 3.41. The van der Waals surface area contributed by atoms with Crippen molar-refractivity contribution < 1.29 is 4.43 Å². The van der Waals surface area contributed by atoms with Crippen molar-refractivity contribution in [2.75, 3.05) is 0 Å². The van der Waals surface area contributed by atoms with Gasteiger partial charge in [0, 0.05) is 6.10 Å². The van der Waals surface area contributed by atoms with E-state index in [2.05, 4.69) is 80.3 Å². The van der Waals surface area contributed by atoms with Crippen LogP contribution >= 0.6 is 0 Å². The Morgan fingerprint density at radius 3 is 2.43 bits per heavy atom. The van der Waals surface area contributed by atoms with Crippen LogP contribution < -0.4 is 0 Å². The maximum atomic E-state index is 6.82. The van der Waals surface area contributed by atoms with Gasteiger partial charge in [-0.2, -0.15) is 0 Å². The largest absolute Gasteiger partial charge is 0.414 e. The summed E-state index contributed by atoms with van der Waals surface area (Å²) in [5.41, 5.74) is 5.05. The second-order valence-corrected chi connectivity index (χ2v) is 19.4.